The molecule has 3 N–H and O–H groups in total. The first-order valence-corrected chi connectivity index (χ1v) is 4.59. The Hall–Kier alpha value is -1.30. The number of rotatable bonds is 2. The summed E-state index contributed by atoms with van der Waals surface area (Å²) in [4.78, 5) is 0. The van der Waals surface area contributed by atoms with Crippen molar-refractivity contribution >= 4 is 0 Å². The molecule has 6 heteroatoms. The predicted octanol–water partition coefficient (Wildman–Crippen LogP) is 2.60. The fourth-order valence-corrected chi connectivity index (χ4v) is 1.26. The summed E-state index contributed by atoms with van der Waals surface area (Å²) in [6, 6.07) is -1.19. The highest BCUT2D eigenvalue weighted by molar-refractivity contribution is 5.35. The minimum Gasteiger partial charge on any atom is -0.503 e. The Bertz CT molecular complexity index is 391. The molecule has 0 bridgehead atoms. The maximum atomic E-state index is 13.3. The molecule has 0 heterocycles. The van der Waals surface area contributed by atoms with Crippen molar-refractivity contribution in [3.05, 3.63) is 28.8 Å². The van der Waals surface area contributed by atoms with E-state index in [4.69, 9.17) is 10.8 Å². The van der Waals surface area contributed by atoms with Crippen molar-refractivity contribution in [2.24, 2.45) is 11.7 Å². The van der Waals surface area contributed by atoms with Crippen molar-refractivity contribution in [2.45, 2.75) is 19.9 Å². The summed E-state index contributed by atoms with van der Waals surface area (Å²) < 4.78 is 52.5. The van der Waals surface area contributed by atoms with Crippen LogP contribution < -0.4 is 5.73 Å². The van der Waals surface area contributed by atoms with Gasteiger partial charge in [-0.2, -0.15) is 8.78 Å². The highest BCUT2D eigenvalue weighted by atomic mass is 19.2. The van der Waals surface area contributed by atoms with Gasteiger partial charge in [-0.25, -0.2) is 8.78 Å². The summed E-state index contributed by atoms with van der Waals surface area (Å²) >= 11 is 0. The molecular formula is C10H11F4NO. The fourth-order valence-electron chi connectivity index (χ4n) is 1.26. The van der Waals surface area contributed by atoms with E-state index in [1.165, 1.54) is 0 Å². The Balaban J connectivity index is 3.51. The van der Waals surface area contributed by atoms with Crippen molar-refractivity contribution in [3.63, 3.8) is 0 Å². The third-order valence-corrected chi connectivity index (χ3v) is 2.33. The average Bonchev–Trinajstić information content (AvgIpc) is 2.23. The number of nitrogens with two attached hydrogens (primary N) is 1. The zero-order valence-electron chi connectivity index (χ0n) is 8.69. The van der Waals surface area contributed by atoms with Crippen molar-refractivity contribution in [1.82, 2.24) is 0 Å². The van der Waals surface area contributed by atoms with Gasteiger partial charge >= 0.3 is 0 Å². The number of halogens is 4. The van der Waals surface area contributed by atoms with Crippen molar-refractivity contribution in [2.75, 3.05) is 0 Å². The zero-order chi connectivity index (χ0) is 12.6. The summed E-state index contributed by atoms with van der Waals surface area (Å²) in [5.74, 6) is -9.05. The first-order valence-electron chi connectivity index (χ1n) is 4.59. The van der Waals surface area contributed by atoms with Gasteiger partial charge < -0.3 is 10.8 Å². The second-order valence-corrected chi connectivity index (χ2v) is 3.79. The monoisotopic (exact) mass is 237 g/mol. The Morgan fingerprint density at radius 2 is 1.31 bits per heavy atom. The van der Waals surface area contributed by atoms with E-state index in [-0.39, 0.29) is 0 Å². The van der Waals surface area contributed by atoms with E-state index < -0.39 is 46.5 Å². The van der Waals surface area contributed by atoms with Crippen LogP contribution in [-0.2, 0) is 0 Å². The minimum atomic E-state index is -1.83. The fraction of sp³-hybridized carbons (Fsp3) is 0.400. The van der Waals surface area contributed by atoms with Gasteiger partial charge in [-0.05, 0) is 5.92 Å². The van der Waals surface area contributed by atoms with Crippen LogP contribution in [0.3, 0.4) is 0 Å². The lowest BCUT2D eigenvalue weighted by atomic mass is 9.95. The second kappa shape index (κ2) is 4.29. The van der Waals surface area contributed by atoms with Gasteiger partial charge in [0.25, 0.3) is 0 Å². The summed E-state index contributed by atoms with van der Waals surface area (Å²) in [6.45, 7) is 3.10. The van der Waals surface area contributed by atoms with Crippen molar-refractivity contribution in [3.8, 4) is 5.75 Å². The number of phenolic OH excluding ortho intramolecular Hbond substituents is 1. The highest BCUT2D eigenvalue weighted by Gasteiger charge is 2.29. The molecule has 0 saturated heterocycles. The Kier molecular flexibility index (Phi) is 3.42. The Morgan fingerprint density at radius 3 is 1.62 bits per heavy atom. The minimum absolute atomic E-state index is 0.410. The summed E-state index contributed by atoms with van der Waals surface area (Å²) in [6.07, 6.45) is 0. The van der Waals surface area contributed by atoms with Crippen LogP contribution >= 0.6 is 0 Å². The van der Waals surface area contributed by atoms with Crippen LogP contribution in [0.5, 0.6) is 5.75 Å². The third kappa shape index (κ3) is 1.84. The number of hydrogen-bond acceptors (Lipinski definition) is 2. The smallest absolute Gasteiger partial charge is 0.204 e. The first-order chi connectivity index (χ1) is 7.29. The lowest BCUT2D eigenvalue weighted by Crippen LogP contribution is -2.21. The molecule has 0 spiro atoms. The quantitative estimate of drug-likeness (QED) is 0.613. The molecule has 1 rings (SSSR count). The molecule has 1 aromatic carbocycles. The maximum Gasteiger partial charge on any atom is 0.204 e. The van der Waals surface area contributed by atoms with Gasteiger partial charge in [0.1, 0.15) is 0 Å². The SMILES string of the molecule is CC(C)C(N)c1c(F)c(F)c(O)c(F)c1F. The Labute approximate surface area is 89.7 Å². The van der Waals surface area contributed by atoms with Gasteiger partial charge in [0.2, 0.25) is 11.6 Å². The molecule has 1 atom stereocenters. The van der Waals surface area contributed by atoms with E-state index in [1.807, 2.05) is 0 Å². The summed E-state index contributed by atoms with van der Waals surface area (Å²) in [5, 5.41) is 8.74. The third-order valence-electron chi connectivity index (χ3n) is 2.33. The number of phenols is 1. The van der Waals surface area contributed by atoms with E-state index in [9.17, 15) is 17.6 Å². The molecule has 0 radical (unpaired) electrons. The van der Waals surface area contributed by atoms with Crippen molar-refractivity contribution < 1.29 is 22.7 Å². The van der Waals surface area contributed by atoms with Gasteiger partial charge in [0, 0.05) is 11.6 Å². The molecule has 0 aliphatic rings. The molecule has 0 aliphatic heterocycles. The lowest BCUT2D eigenvalue weighted by molar-refractivity contribution is 0.340. The molecule has 0 fully saturated rings. The lowest BCUT2D eigenvalue weighted by Gasteiger charge is -2.18. The van der Waals surface area contributed by atoms with Crippen LogP contribution in [0.2, 0.25) is 0 Å². The topological polar surface area (TPSA) is 46.2 Å². The van der Waals surface area contributed by atoms with E-state index in [2.05, 4.69) is 0 Å². The first kappa shape index (κ1) is 12.8. The number of benzene rings is 1. The molecule has 90 valence electrons. The molecular weight excluding hydrogens is 226 g/mol. The van der Waals surface area contributed by atoms with E-state index in [1.54, 1.807) is 13.8 Å². The maximum absolute atomic E-state index is 13.3. The van der Waals surface area contributed by atoms with E-state index >= 15 is 0 Å². The van der Waals surface area contributed by atoms with Crippen LogP contribution in [0.25, 0.3) is 0 Å². The second-order valence-electron chi connectivity index (χ2n) is 3.79. The van der Waals surface area contributed by atoms with Crippen LogP contribution in [0.1, 0.15) is 25.5 Å². The molecule has 0 aromatic heterocycles. The molecule has 1 aromatic rings. The van der Waals surface area contributed by atoms with Gasteiger partial charge in [-0.15, -0.1) is 0 Å². The van der Waals surface area contributed by atoms with Gasteiger partial charge in [0.15, 0.2) is 17.4 Å². The molecule has 0 amide bonds. The normalized spacial score (nSPS) is 13.2. The van der Waals surface area contributed by atoms with Crippen LogP contribution in [-0.4, -0.2) is 5.11 Å². The standard InChI is InChI=1S/C10H11F4NO/c1-3(2)9(15)4-5(11)7(13)10(16)8(14)6(4)12/h3,9,16H,15H2,1-2H3. The van der Waals surface area contributed by atoms with Gasteiger partial charge in [-0.1, -0.05) is 13.8 Å². The van der Waals surface area contributed by atoms with Crippen LogP contribution in [0, 0.1) is 29.2 Å². The summed E-state index contributed by atoms with van der Waals surface area (Å²) in [5.41, 5.74) is 4.55. The molecule has 2 nitrogen and oxygen atoms in total. The predicted molar refractivity (Wildman–Crippen MR) is 49.7 cm³/mol. The van der Waals surface area contributed by atoms with Crippen LogP contribution in [0.4, 0.5) is 17.6 Å². The van der Waals surface area contributed by atoms with Crippen LogP contribution in [0.15, 0.2) is 0 Å². The number of hydrogen-bond donors (Lipinski definition) is 2. The van der Waals surface area contributed by atoms with E-state index in [0.717, 1.165) is 0 Å². The van der Waals surface area contributed by atoms with Crippen molar-refractivity contribution in [1.29, 1.82) is 0 Å². The zero-order valence-corrected chi connectivity index (χ0v) is 8.69. The van der Waals surface area contributed by atoms with E-state index in [0.29, 0.717) is 0 Å². The molecule has 1 unspecified atom stereocenters. The van der Waals surface area contributed by atoms with Gasteiger partial charge in [0.05, 0.1) is 0 Å². The van der Waals surface area contributed by atoms with Gasteiger partial charge in [-0.3, -0.25) is 0 Å². The number of aromatic hydroxyl groups is 1. The molecule has 16 heavy (non-hydrogen) atoms. The Morgan fingerprint density at radius 1 is 0.938 bits per heavy atom. The summed E-state index contributed by atoms with van der Waals surface area (Å²) in [7, 11) is 0. The largest absolute Gasteiger partial charge is 0.503 e. The molecule has 0 aliphatic carbocycles. The average molecular weight is 237 g/mol. The molecule has 0 saturated carbocycles. The highest BCUT2D eigenvalue weighted by Crippen LogP contribution is 2.33.